The van der Waals surface area contributed by atoms with Gasteiger partial charge in [0.15, 0.2) is 0 Å². The maximum atomic E-state index is 14.0. The van der Waals surface area contributed by atoms with Crippen LogP contribution in [0.15, 0.2) is 103 Å². The number of fused-ring (bicyclic) bond motifs is 1. The number of nitrogens with one attached hydrogen (secondary N) is 3. The van der Waals surface area contributed by atoms with Crippen LogP contribution < -0.4 is 21.0 Å². The van der Waals surface area contributed by atoms with Gasteiger partial charge < -0.3 is 20.3 Å². The van der Waals surface area contributed by atoms with Gasteiger partial charge in [0.2, 0.25) is 11.8 Å². The summed E-state index contributed by atoms with van der Waals surface area (Å²) in [5.74, 6) is -1.20. The first-order valence-electron chi connectivity index (χ1n) is 15.4. The summed E-state index contributed by atoms with van der Waals surface area (Å²) in [6.07, 6.45) is 0.333. The molecule has 0 aliphatic carbocycles. The van der Waals surface area contributed by atoms with Crippen LogP contribution in [-0.4, -0.2) is 40.6 Å². The molecule has 1 heterocycles. The Labute approximate surface area is 273 Å². The van der Waals surface area contributed by atoms with E-state index in [1.807, 2.05) is 84.9 Å². The molecule has 47 heavy (non-hydrogen) atoms. The molecule has 0 radical (unpaired) electrons. The van der Waals surface area contributed by atoms with E-state index < -0.39 is 23.6 Å². The van der Waals surface area contributed by atoms with Crippen molar-refractivity contribution in [3.05, 3.63) is 125 Å². The smallest absolute Gasteiger partial charge is 0.407 e. The van der Waals surface area contributed by atoms with Crippen LogP contribution in [0.2, 0.25) is 0 Å². The molecule has 4 aromatic rings. The first kappa shape index (κ1) is 32.9. The van der Waals surface area contributed by atoms with Gasteiger partial charge in [-0.2, -0.15) is 0 Å². The van der Waals surface area contributed by atoms with E-state index in [-0.39, 0.29) is 31.4 Å². The van der Waals surface area contributed by atoms with Crippen LogP contribution in [0.4, 0.5) is 10.5 Å². The number of para-hydroxylation sites is 1. The monoisotopic (exact) mass is 634 g/mol. The van der Waals surface area contributed by atoms with Crippen LogP contribution in [-0.2, 0) is 33.9 Å². The second-order valence-corrected chi connectivity index (χ2v) is 12.1. The average Bonchev–Trinajstić information content (AvgIpc) is 3.19. The van der Waals surface area contributed by atoms with Crippen LogP contribution in [0.1, 0.15) is 53.7 Å². The number of carbonyl (C=O) groups excluding carboxylic acids is 4. The molecule has 0 fully saturated rings. The van der Waals surface area contributed by atoms with Crippen molar-refractivity contribution in [2.75, 3.05) is 4.90 Å². The molecular weight excluding hydrogens is 596 g/mol. The lowest BCUT2D eigenvalue weighted by Gasteiger charge is -2.28. The van der Waals surface area contributed by atoms with Crippen LogP contribution in [0, 0.1) is 0 Å². The summed E-state index contributed by atoms with van der Waals surface area (Å²) in [4.78, 5) is 53.6. The van der Waals surface area contributed by atoms with E-state index in [0.717, 1.165) is 27.9 Å². The number of hydrogen-bond acceptors (Lipinski definition) is 6. The van der Waals surface area contributed by atoms with Gasteiger partial charge in [-0.05, 0) is 66.6 Å². The number of ether oxygens (including phenoxy) is 1. The number of hydroxylamine groups is 1. The first-order chi connectivity index (χ1) is 22.6. The molecule has 4 amide bonds. The molecule has 4 aromatic carbocycles. The summed E-state index contributed by atoms with van der Waals surface area (Å²) in [5.41, 5.74) is 6.03. The number of carbonyl (C=O) groups is 4. The number of aryl methyl sites for hydroxylation is 1. The van der Waals surface area contributed by atoms with Crippen LogP contribution in [0.25, 0.3) is 11.1 Å². The highest BCUT2D eigenvalue weighted by molar-refractivity contribution is 6.01. The van der Waals surface area contributed by atoms with Gasteiger partial charge >= 0.3 is 6.09 Å². The second kappa shape index (κ2) is 14.7. The fourth-order valence-electron chi connectivity index (χ4n) is 5.70. The number of hydrogen-bond donors (Lipinski definition) is 4. The number of anilines is 1. The fourth-order valence-corrected chi connectivity index (χ4v) is 5.70. The lowest BCUT2D eigenvalue weighted by molar-refractivity contribution is -0.128. The Morgan fingerprint density at radius 3 is 2.30 bits per heavy atom. The summed E-state index contributed by atoms with van der Waals surface area (Å²) in [6, 6.07) is 30.7. The molecule has 10 nitrogen and oxygen atoms in total. The zero-order valence-electron chi connectivity index (χ0n) is 26.4. The van der Waals surface area contributed by atoms with Crippen molar-refractivity contribution in [2.45, 2.75) is 57.8 Å². The maximum absolute atomic E-state index is 14.0. The Hall–Kier alpha value is -5.48. The van der Waals surface area contributed by atoms with Crippen molar-refractivity contribution in [2.24, 2.45) is 0 Å². The molecule has 4 N–H and O–H groups in total. The molecule has 1 aliphatic heterocycles. The third kappa shape index (κ3) is 8.42. The quantitative estimate of drug-likeness (QED) is 0.134. The van der Waals surface area contributed by atoms with E-state index in [4.69, 9.17) is 9.94 Å². The van der Waals surface area contributed by atoms with Crippen molar-refractivity contribution in [3.8, 4) is 11.1 Å². The van der Waals surface area contributed by atoms with Crippen molar-refractivity contribution in [3.63, 3.8) is 0 Å². The summed E-state index contributed by atoms with van der Waals surface area (Å²) >= 11 is 0. The maximum Gasteiger partial charge on any atom is 0.407 e. The Kier molecular flexibility index (Phi) is 10.3. The number of nitrogens with zero attached hydrogens (tertiary/aromatic N) is 1. The SMILES string of the molecule is CC(C)(CC(=O)NC1CCc2ccccc2N(Cc2ccc(-c3ccccc3C(=O)NO)cc2)C1=O)NC(=O)OCc1ccccc1. The van der Waals surface area contributed by atoms with Crippen LogP contribution in [0.5, 0.6) is 0 Å². The van der Waals surface area contributed by atoms with Gasteiger partial charge in [-0.15, -0.1) is 0 Å². The summed E-state index contributed by atoms with van der Waals surface area (Å²) in [7, 11) is 0. The zero-order valence-corrected chi connectivity index (χ0v) is 26.4. The third-order valence-corrected chi connectivity index (χ3v) is 8.02. The number of alkyl carbamates (subject to hydrolysis) is 1. The highest BCUT2D eigenvalue weighted by Crippen LogP contribution is 2.30. The number of amides is 4. The predicted molar refractivity (Wildman–Crippen MR) is 177 cm³/mol. The highest BCUT2D eigenvalue weighted by atomic mass is 16.5. The summed E-state index contributed by atoms with van der Waals surface area (Å²) in [6.45, 7) is 3.83. The minimum atomic E-state index is -0.924. The predicted octanol–water partition coefficient (Wildman–Crippen LogP) is 5.53. The molecule has 0 aromatic heterocycles. The van der Waals surface area contributed by atoms with Crippen molar-refractivity contribution in [1.82, 2.24) is 16.1 Å². The molecule has 0 saturated carbocycles. The molecule has 1 atom stereocenters. The third-order valence-electron chi connectivity index (χ3n) is 8.02. The molecule has 1 aliphatic rings. The minimum Gasteiger partial charge on any atom is -0.445 e. The van der Waals surface area contributed by atoms with E-state index in [1.165, 1.54) is 0 Å². The number of rotatable bonds is 10. The van der Waals surface area contributed by atoms with Crippen LogP contribution >= 0.6 is 0 Å². The second-order valence-electron chi connectivity index (χ2n) is 12.1. The molecule has 1 unspecified atom stereocenters. The molecule has 0 saturated heterocycles. The Morgan fingerprint density at radius 1 is 0.872 bits per heavy atom. The molecule has 0 spiro atoms. The zero-order chi connectivity index (χ0) is 33.4. The average molecular weight is 635 g/mol. The highest BCUT2D eigenvalue weighted by Gasteiger charge is 2.33. The van der Waals surface area contributed by atoms with Gasteiger partial charge in [0, 0.05) is 23.2 Å². The van der Waals surface area contributed by atoms with Crippen molar-refractivity contribution >= 4 is 29.5 Å². The van der Waals surface area contributed by atoms with Crippen molar-refractivity contribution < 1.29 is 29.1 Å². The molecule has 5 rings (SSSR count). The van der Waals surface area contributed by atoms with E-state index in [0.29, 0.717) is 24.0 Å². The van der Waals surface area contributed by atoms with Gasteiger partial charge in [-0.25, -0.2) is 10.3 Å². The van der Waals surface area contributed by atoms with Gasteiger partial charge in [0.1, 0.15) is 12.6 Å². The fraction of sp³-hybridized carbons (Fsp3) is 0.243. The van der Waals surface area contributed by atoms with E-state index in [9.17, 15) is 19.2 Å². The standard InChI is InChI=1S/C37H38N4O6/c1-37(2,39-36(45)47-24-26-10-4-3-5-11-26)22-33(42)38-31-21-20-28-12-6-9-15-32(28)41(35(31)44)23-25-16-18-27(19-17-25)29-13-7-8-14-30(29)34(43)40-46/h3-19,31,46H,20-24H2,1-2H3,(H,38,42)(H,39,45)(H,40,43). The van der Waals surface area contributed by atoms with Crippen molar-refractivity contribution in [1.29, 1.82) is 0 Å². The van der Waals surface area contributed by atoms with Gasteiger partial charge in [0.05, 0.1) is 6.54 Å². The van der Waals surface area contributed by atoms with Gasteiger partial charge in [0.25, 0.3) is 5.91 Å². The topological polar surface area (TPSA) is 137 Å². The Balaban J connectivity index is 1.26. The van der Waals surface area contributed by atoms with Gasteiger partial charge in [-0.1, -0.05) is 91.0 Å². The largest absolute Gasteiger partial charge is 0.445 e. The van der Waals surface area contributed by atoms with Gasteiger partial charge in [-0.3, -0.25) is 19.6 Å². The lowest BCUT2D eigenvalue weighted by atomic mass is 9.98. The molecule has 0 bridgehead atoms. The van der Waals surface area contributed by atoms with Crippen LogP contribution in [0.3, 0.4) is 0 Å². The molecule has 10 heteroatoms. The summed E-state index contributed by atoms with van der Waals surface area (Å²) in [5, 5.41) is 14.8. The van der Waals surface area contributed by atoms with E-state index >= 15 is 0 Å². The minimum absolute atomic E-state index is 0.0542. The normalized spacial score (nSPS) is 14.4. The first-order valence-corrected chi connectivity index (χ1v) is 15.4. The Morgan fingerprint density at radius 2 is 1.55 bits per heavy atom. The molecular formula is C37H38N4O6. The Bertz CT molecular complexity index is 1740. The number of benzene rings is 4. The molecule has 242 valence electrons. The van der Waals surface area contributed by atoms with E-state index in [2.05, 4.69) is 10.6 Å². The summed E-state index contributed by atoms with van der Waals surface area (Å²) < 4.78 is 5.32. The van der Waals surface area contributed by atoms with E-state index in [1.54, 1.807) is 42.4 Å². The lowest BCUT2D eigenvalue weighted by Crippen LogP contribution is -2.51.